The molecule has 0 aliphatic carbocycles. The lowest BCUT2D eigenvalue weighted by Gasteiger charge is -2.12. The highest BCUT2D eigenvalue weighted by Gasteiger charge is 2.07. The van der Waals surface area contributed by atoms with Gasteiger partial charge in [0.2, 0.25) is 0 Å². The standard InChI is InChI=1S/C15H15BrClNO/c1-10(18)13-7-6-12(8-14(13)16)19-9-11-4-2-3-5-15(11)17/h2-8,10H,9,18H2,1H3/t10-/m1/s1. The van der Waals surface area contributed by atoms with E-state index in [0.29, 0.717) is 11.6 Å². The lowest BCUT2D eigenvalue weighted by Crippen LogP contribution is -2.06. The Morgan fingerprint density at radius 2 is 2.00 bits per heavy atom. The van der Waals surface area contributed by atoms with Crippen LogP contribution in [0, 0.1) is 0 Å². The van der Waals surface area contributed by atoms with Crippen LogP contribution in [0.4, 0.5) is 0 Å². The zero-order valence-corrected chi connectivity index (χ0v) is 12.9. The molecule has 0 radical (unpaired) electrons. The predicted octanol–water partition coefficient (Wildman–Crippen LogP) is 4.70. The second-order valence-electron chi connectivity index (χ2n) is 4.35. The fourth-order valence-electron chi connectivity index (χ4n) is 1.74. The summed E-state index contributed by atoms with van der Waals surface area (Å²) in [6.45, 7) is 2.40. The molecule has 4 heteroatoms. The van der Waals surface area contributed by atoms with Gasteiger partial charge in [-0.2, -0.15) is 0 Å². The summed E-state index contributed by atoms with van der Waals surface area (Å²) in [5.74, 6) is 0.788. The summed E-state index contributed by atoms with van der Waals surface area (Å²) in [5, 5.41) is 0.716. The molecule has 1 atom stereocenters. The van der Waals surface area contributed by atoms with Crippen molar-refractivity contribution in [2.75, 3.05) is 0 Å². The van der Waals surface area contributed by atoms with E-state index in [4.69, 9.17) is 22.1 Å². The maximum atomic E-state index is 6.08. The highest BCUT2D eigenvalue weighted by molar-refractivity contribution is 9.10. The Bertz CT molecular complexity index is 572. The smallest absolute Gasteiger partial charge is 0.120 e. The van der Waals surface area contributed by atoms with Crippen molar-refractivity contribution in [3.8, 4) is 5.75 Å². The van der Waals surface area contributed by atoms with Gasteiger partial charge >= 0.3 is 0 Å². The van der Waals surface area contributed by atoms with E-state index < -0.39 is 0 Å². The van der Waals surface area contributed by atoms with Crippen LogP contribution in [0.2, 0.25) is 5.02 Å². The van der Waals surface area contributed by atoms with Gasteiger partial charge in [-0.3, -0.25) is 0 Å². The van der Waals surface area contributed by atoms with Crippen LogP contribution in [0.25, 0.3) is 0 Å². The van der Waals surface area contributed by atoms with E-state index in [1.165, 1.54) is 0 Å². The number of benzene rings is 2. The van der Waals surface area contributed by atoms with Gasteiger partial charge in [0, 0.05) is 21.1 Å². The summed E-state index contributed by atoms with van der Waals surface area (Å²) in [7, 11) is 0. The van der Waals surface area contributed by atoms with Crippen LogP contribution in [-0.2, 0) is 6.61 Å². The molecule has 2 aromatic rings. The Morgan fingerprint density at radius 1 is 1.26 bits per heavy atom. The highest BCUT2D eigenvalue weighted by atomic mass is 79.9. The van der Waals surface area contributed by atoms with Crippen molar-refractivity contribution >= 4 is 27.5 Å². The van der Waals surface area contributed by atoms with Crippen molar-refractivity contribution in [1.29, 1.82) is 0 Å². The Hall–Kier alpha value is -1.03. The average Bonchev–Trinajstić information content (AvgIpc) is 2.37. The number of hydrogen-bond donors (Lipinski definition) is 1. The summed E-state index contributed by atoms with van der Waals surface area (Å²) in [5.41, 5.74) is 7.89. The molecule has 19 heavy (non-hydrogen) atoms. The Balaban J connectivity index is 2.08. The van der Waals surface area contributed by atoms with Crippen LogP contribution in [0.5, 0.6) is 5.75 Å². The fourth-order valence-corrected chi connectivity index (χ4v) is 2.65. The number of hydrogen-bond acceptors (Lipinski definition) is 2. The van der Waals surface area contributed by atoms with Gasteiger partial charge in [-0.05, 0) is 30.7 Å². The molecular formula is C15H15BrClNO. The van der Waals surface area contributed by atoms with E-state index in [-0.39, 0.29) is 6.04 Å². The molecule has 0 aliphatic rings. The molecular weight excluding hydrogens is 326 g/mol. The zero-order valence-electron chi connectivity index (χ0n) is 10.6. The Kier molecular flexibility index (Phi) is 4.86. The molecule has 0 aliphatic heterocycles. The minimum atomic E-state index is -0.00741. The van der Waals surface area contributed by atoms with Crippen LogP contribution < -0.4 is 10.5 Å². The predicted molar refractivity (Wildman–Crippen MR) is 82.5 cm³/mol. The molecule has 0 bridgehead atoms. The first kappa shape index (κ1) is 14.4. The number of halogens is 2. The van der Waals surface area contributed by atoms with Gasteiger partial charge in [-0.1, -0.05) is 51.8 Å². The number of rotatable bonds is 4. The van der Waals surface area contributed by atoms with Crippen LogP contribution >= 0.6 is 27.5 Å². The molecule has 2 aromatic carbocycles. The largest absolute Gasteiger partial charge is 0.489 e. The minimum Gasteiger partial charge on any atom is -0.489 e. The van der Waals surface area contributed by atoms with E-state index in [1.807, 2.05) is 49.4 Å². The molecule has 0 heterocycles. The highest BCUT2D eigenvalue weighted by Crippen LogP contribution is 2.27. The SMILES string of the molecule is C[C@@H](N)c1ccc(OCc2ccccc2Cl)cc1Br. The normalized spacial score (nSPS) is 12.2. The topological polar surface area (TPSA) is 35.2 Å². The molecule has 0 saturated heterocycles. The Labute approximate surface area is 126 Å². The van der Waals surface area contributed by atoms with Gasteiger partial charge in [0.25, 0.3) is 0 Å². The molecule has 0 fully saturated rings. The first-order chi connectivity index (χ1) is 9.08. The molecule has 0 aromatic heterocycles. The van der Waals surface area contributed by atoms with Crippen molar-refractivity contribution in [3.63, 3.8) is 0 Å². The van der Waals surface area contributed by atoms with E-state index >= 15 is 0 Å². The fraction of sp³-hybridized carbons (Fsp3) is 0.200. The summed E-state index contributed by atoms with van der Waals surface area (Å²) < 4.78 is 6.69. The van der Waals surface area contributed by atoms with Crippen molar-refractivity contribution in [2.45, 2.75) is 19.6 Å². The van der Waals surface area contributed by atoms with E-state index in [9.17, 15) is 0 Å². The average molecular weight is 341 g/mol. The van der Waals surface area contributed by atoms with Crippen molar-refractivity contribution < 1.29 is 4.74 Å². The van der Waals surface area contributed by atoms with Crippen LogP contribution in [0.3, 0.4) is 0 Å². The van der Waals surface area contributed by atoms with Crippen molar-refractivity contribution in [1.82, 2.24) is 0 Å². The van der Waals surface area contributed by atoms with E-state index in [0.717, 1.165) is 21.3 Å². The number of nitrogens with two attached hydrogens (primary N) is 1. The van der Waals surface area contributed by atoms with Crippen molar-refractivity contribution in [3.05, 3.63) is 63.1 Å². The molecule has 0 saturated carbocycles. The van der Waals surface area contributed by atoms with Gasteiger partial charge in [0.15, 0.2) is 0 Å². The molecule has 2 nitrogen and oxygen atoms in total. The summed E-state index contributed by atoms with van der Waals surface area (Å²) in [6, 6.07) is 13.5. The monoisotopic (exact) mass is 339 g/mol. The maximum absolute atomic E-state index is 6.08. The lowest BCUT2D eigenvalue weighted by molar-refractivity contribution is 0.306. The molecule has 0 spiro atoms. The van der Waals surface area contributed by atoms with E-state index in [1.54, 1.807) is 0 Å². The molecule has 2 rings (SSSR count). The minimum absolute atomic E-state index is 0.00741. The quantitative estimate of drug-likeness (QED) is 0.875. The second-order valence-corrected chi connectivity index (χ2v) is 5.61. The van der Waals surface area contributed by atoms with E-state index in [2.05, 4.69) is 15.9 Å². The summed E-state index contributed by atoms with van der Waals surface area (Å²) in [6.07, 6.45) is 0. The third-order valence-electron chi connectivity index (χ3n) is 2.81. The summed E-state index contributed by atoms with van der Waals surface area (Å²) in [4.78, 5) is 0. The third-order valence-corrected chi connectivity index (χ3v) is 3.87. The zero-order chi connectivity index (χ0) is 13.8. The van der Waals surface area contributed by atoms with Crippen LogP contribution in [-0.4, -0.2) is 0 Å². The van der Waals surface area contributed by atoms with Gasteiger partial charge in [-0.15, -0.1) is 0 Å². The van der Waals surface area contributed by atoms with Crippen molar-refractivity contribution in [2.24, 2.45) is 5.73 Å². The molecule has 0 unspecified atom stereocenters. The third kappa shape index (κ3) is 3.72. The van der Waals surface area contributed by atoms with Gasteiger partial charge in [0.1, 0.15) is 12.4 Å². The maximum Gasteiger partial charge on any atom is 0.120 e. The first-order valence-electron chi connectivity index (χ1n) is 5.99. The second kappa shape index (κ2) is 6.42. The van der Waals surface area contributed by atoms with Gasteiger partial charge in [0.05, 0.1) is 0 Å². The lowest BCUT2D eigenvalue weighted by atomic mass is 10.1. The molecule has 2 N–H and O–H groups in total. The summed E-state index contributed by atoms with van der Waals surface area (Å²) >= 11 is 9.59. The van der Waals surface area contributed by atoms with Crippen LogP contribution in [0.15, 0.2) is 46.9 Å². The molecule has 0 amide bonds. The van der Waals surface area contributed by atoms with Gasteiger partial charge < -0.3 is 10.5 Å². The van der Waals surface area contributed by atoms with Crippen LogP contribution in [0.1, 0.15) is 24.1 Å². The van der Waals surface area contributed by atoms with Gasteiger partial charge in [-0.25, -0.2) is 0 Å². The molecule has 100 valence electrons. The first-order valence-corrected chi connectivity index (χ1v) is 7.16. The number of ether oxygens (including phenoxy) is 1. The Morgan fingerprint density at radius 3 is 2.63 bits per heavy atom.